The largest absolute Gasteiger partial charge is 0.472 e. The van der Waals surface area contributed by atoms with Crippen molar-refractivity contribution in [2.45, 2.75) is 458 Å². The van der Waals surface area contributed by atoms with Gasteiger partial charge in [-0.15, -0.1) is 0 Å². The van der Waals surface area contributed by atoms with E-state index in [2.05, 4.69) is 41.5 Å². The standard InChI is InChI=1S/C83H162O17P2/c1-7-9-11-13-15-16-17-18-19-20-21-22-23-24-25-28-32-38-43-49-55-61-67-83(88)100-79(72-94-81(86)66-60-54-48-42-37-31-29-26-27-30-35-40-46-51-57-63-75(3)4)74-98-102(91,92)96-70-77(84)69-95-101(89,90)97-73-78(71-93-80(85)65-59-53-45-14-12-10-8-2)99-82(87)68-62-56-50-44-39-34-33-36-41-47-52-58-64-76(5)6/h75-79,84H,7-74H2,1-6H3,(H,89,90)(H,91,92)/t77-,78+,79+/m0/s1. The van der Waals surface area contributed by atoms with Gasteiger partial charge in [-0.25, -0.2) is 9.13 Å². The topological polar surface area (TPSA) is 237 Å². The summed E-state index contributed by atoms with van der Waals surface area (Å²) in [5.74, 6) is -0.529. The third-order valence-electron chi connectivity index (χ3n) is 19.5. The fourth-order valence-electron chi connectivity index (χ4n) is 12.9. The van der Waals surface area contributed by atoms with Crippen LogP contribution in [-0.2, 0) is 65.4 Å². The minimum atomic E-state index is -4.96. The van der Waals surface area contributed by atoms with Gasteiger partial charge in [0, 0.05) is 25.7 Å². The number of hydrogen-bond acceptors (Lipinski definition) is 15. The molecule has 0 aromatic heterocycles. The Morgan fingerprint density at radius 2 is 0.451 bits per heavy atom. The number of phosphoric ester groups is 2. The van der Waals surface area contributed by atoms with Crippen LogP contribution in [-0.4, -0.2) is 96.7 Å². The maximum absolute atomic E-state index is 13.1. The summed E-state index contributed by atoms with van der Waals surface area (Å²) < 4.78 is 68.7. The molecule has 0 saturated heterocycles. The van der Waals surface area contributed by atoms with E-state index in [1.807, 2.05) is 0 Å². The fourth-order valence-corrected chi connectivity index (χ4v) is 14.5. The smallest absolute Gasteiger partial charge is 0.462 e. The molecule has 3 N–H and O–H groups in total. The van der Waals surface area contributed by atoms with Crippen LogP contribution in [0.4, 0.5) is 0 Å². The van der Waals surface area contributed by atoms with E-state index < -0.39 is 97.5 Å². The molecule has 0 spiro atoms. The Kier molecular flexibility index (Phi) is 73.1. The third-order valence-corrected chi connectivity index (χ3v) is 21.4. The highest BCUT2D eigenvalue weighted by molar-refractivity contribution is 7.47. The molecule has 0 amide bonds. The van der Waals surface area contributed by atoms with E-state index in [0.29, 0.717) is 25.7 Å². The molecule has 606 valence electrons. The molecule has 0 radical (unpaired) electrons. The maximum Gasteiger partial charge on any atom is 0.472 e. The van der Waals surface area contributed by atoms with Crippen molar-refractivity contribution in [2.24, 2.45) is 11.8 Å². The summed E-state index contributed by atoms with van der Waals surface area (Å²) >= 11 is 0. The molecule has 2 unspecified atom stereocenters. The third kappa shape index (κ3) is 76.3. The summed E-state index contributed by atoms with van der Waals surface area (Å²) in [6.07, 6.45) is 65.5. The van der Waals surface area contributed by atoms with E-state index in [-0.39, 0.29) is 25.7 Å². The minimum absolute atomic E-state index is 0.107. The molecule has 0 heterocycles. The van der Waals surface area contributed by atoms with Crippen LogP contribution in [0.3, 0.4) is 0 Å². The Morgan fingerprint density at radius 1 is 0.265 bits per heavy atom. The number of esters is 4. The lowest BCUT2D eigenvalue weighted by Gasteiger charge is -2.21. The average Bonchev–Trinajstić information content (AvgIpc) is 0.949. The lowest BCUT2D eigenvalue weighted by molar-refractivity contribution is -0.161. The first-order valence-corrected chi connectivity index (χ1v) is 46.0. The lowest BCUT2D eigenvalue weighted by Crippen LogP contribution is -2.30. The number of aliphatic hydroxyl groups excluding tert-OH is 1. The number of hydrogen-bond donors (Lipinski definition) is 3. The van der Waals surface area contributed by atoms with Crippen molar-refractivity contribution < 1.29 is 80.2 Å². The molecule has 0 aliphatic rings. The first-order valence-electron chi connectivity index (χ1n) is 43.0. The Hall–Kier alpha value is -1.94. The molecular weight excluding hydrogens is 1330 g/mol. The molecule has 0 aliphatic carbocycles. The number of carbonyl (C=O) groups is 4. The molecule has 102 heavy (non-hydrogen) atoms. The second-order valence-corrected chi connectivity index (χ2v) is 33.7. The fraction of sp³-hybridized carbons (Fsp3) is 0.952. The molecule has 0 bridgehead atoms. The number of phosphoric acid groups is 2. The van der Waals surface area contributed by atoms with Crippen LogP contribution in [0.1, 0.15) is 440 Å². The van der Waals surface area contributed by atoms with Crippen molar-refractivity contribution in [1.29, 1.82) is 0 Å². The zero-order chi connectivity index (χ0) is 74.9. The molecule has 0 aliphatic heterocycles. The highest BCUT2D eigenvalue weighted by atomic mass is 31.2. The van der Waals surface area contributed by atoms with E-state index in [4.69, 9.17) is 37.0 Å². The first-order chi connectivity index (χ1) is 49.4. The normalized spacial score (nSPS) is 13.9. The Bertz CT molecular complexity index is 1960. The van der Waals surface area contributed by atoms with Gasteiger partial charge < -0.3 is 33.8 Å². The van der Waals surface area contributed by atoms with Crippen molar-refractivity contribution in [3.05, 3.63) is 0 Å². The number of unbranched alkanes of at least 4 members (excludes halogenated alkanes) is 52. The monoisotopic (exact) mass is 1490 g/mol. The molecule has 19 heteroatoms. The zero-order valence-electron chi connectivity index (χ0n) is 66.9. The van der Waals surface area contributed by atoms with Crippen LogP contribution in [0, 0.1) is 11.8 Å². The zero-order valence-corrected chi connectivity index (χ0v) is 68.7. The van der Waals surface area contributed by atoms with Crippen molar-refractivity contribution in [3.63, 3.8) is 0 Å². The van der Waals surface area contributed by atoms with Crippen molar-refractivity contribution in [1.82, 2.24) is 0 Å². The molecule has 17 nitrogen and oxygen atoms in total. The predicted molar refractivity (Wildman–Crippen MR) is 418 cm³/mol. The molecule has 5 atom stereocenters. The Labute approximate surface area is 626 Å². The lowest BCUT2D eigenvalue weighted by atomic mass is 10.0. The second kappa shape index (κ2) is 74.5. The van der Waals surface area contributed by atoms with E-state index in [9.17, 15) is 43.2 Å². The van der Waals surface area contributed by atoms with Crippen LogP contribution in [0.5, 0.6) is 0 Å². The van der Waals surface area contributed by atoms with E-state index >= 15 is 0 Å². The maximum atomic E-state index is 13.1. The summed E-state index contributed by atoms with van der Waals surface area (Å²) in [7, 11) is -9.92. The highest BCUT2D eigenvalue weighted by Crippen LogP contribution is 2.45. The minimum Gasteiger partial charge on any atom is -0.462 e. The van der Waals surface area contributed by atoms with Gasteiger partial charge in [0.05, 0.1) is 26.4 Å². The predicted octanol–water partition coefficient (Wildman–Crippen LogP) is 25.1. The van der Waals surface area contributed by atoms with Crippen LogP contribution in [0.25, 0.3) is 0 Å². The van der Waals surface area contributed by atoms with Gasteiger partial charge in [-0.1, -0.05) is 388 Å². The average molecular weight is 1490 g/mol. The van der Waals surface area contributed by atoms with Crippen molar-refractivity contribution in [2.75, 3.05) is 39.6 Å². The summed E-state index contributed by atoms with van der Waals surface area (Å²) in [5, 5.41) is 10.6. The van der Waals surface area contributed by atoms with Gasteiger partial charge in [-0.2, -0.15) is 0 Å². The molecule has 0 saturated carbocycles. The van der Waals surface area contributed by atoms with Crippen LogP contribution >= 0.6 is 15.6 Å². The number of aliphatic hydroxyl groups is 1. The summed E-state index contributed by atoms with van der Waals surface area (Å²) in [6.45, 7) is 9.64. The second-order valence-electron chi connectivity index (χ2n) is 30.8. The molecular formula is C83H162O17P2. The van der Waals surface area contributed by atoms with Gasteiger partial charge >= 0.3 is 39.5 Å². The van der Waals surface area contributed by atoms with Gasteiger partial charge in [-0.05, 0) is 37.5 Å². The quantitative estimate of drug-likeness (QED) is 0.0222. The summed E-state index contributed by atoms with van der Waals surface area (Å²) in [4.78, 5) is 72.9. The highest BCUT2D eigenvalue weighted by Gasteiger charge is 2.30. The Balaban J connectivity index is 5.16. The van der Waals surface area contributed by atoms with Crippen LogP contribution in [0.15, 0.2) is 0 Å². The van der Waals surface area contributed by atoms with Crippen LogP contribution in [0.2, 0.25) is 0 Å². The first kappa shape index (κ1) is 100. The van der Waals surface area contributed by atoms with E-state index in [0.717, 1.165) is 115 Å². The molecule has 0 aromatic carbocycles. The van der Waals surface area contributed by atoms with Gasteiger partial charge in [0.2, 0.25) is 0 Å². The van der Waals surface area contributed by atoms with Gasteiger partial charge in [0.1, 0.15) is 19.3 Å². The van der Waals surface area contributed by atoms with Crippen LogP contribution < -0.4 is 0 Å². The van der Waals surface area contributed by atoms with Gasteiger partial charge in [0.25, 0.3) is 0 Å². The Morgan fingerprint density at radius 3 is 0.667 bits per heavy atom. The summed E-state index contributed by atoms with van der Waals surface area (Å²) in [5.41, 5.74) is 0. The molecule has 0 aromatic rings. The summed E-state index contributed by atoms with van der Waals surface area (Å²) in [6, 6.07) is 0. The van der Waals surface area contributed by atoms with E-state index in [1.54, 1.807) is 0 Å². The van der Waals surface area contributed by atoms with E-state index in [1.165, 1.54) is 244 Å². The number of ether oxygens (including phenoxy) is 4. The molecule has 0 rings (SSSR count). The van der Waals surface area contributed by atoms with Gasteiger partial charge in [0.15, 0.2) is 12.2 Å². The number of rotatable bonds is 82. The van der Waals surface area contributed by atoms with Crippen molar-refractivity contribution in [3.8, 4) is 0 Å². The van der Waals surface area contributed by atoms with Crippen molar-refractivity contribution >= 4 is 39.5 Å². The SMILES string of the molecule is CCCCCCCCCCCCCCCCCCCCCCCCC(=O)O[C@H](COC(=O)CCCCCCCCCCCCCCCCCC(C)C)COP(=O)(O)OC[C@@H](O)COP(=O)(O)OC[C@@H](COC(=O)CCCCCCCCC)OC(=O)CCCCCCCCCCCCCCC(C)C. The number of carbonyl (C=O) groups excluding carboxylic acids is 4. The molecule has 0 fully saturated rings. The van der Waals surface area contributed by atoms with Gasteiger partial charge in [-0.3, -0.25) is 37.3 Å².